The topological polar surface area (TPSA) is 84.9 Å². The lowest BCUT2D eigenvalue weighted by Gasteiger charge is -2.09. The van der Waals surface area contributed by atoms with Crippen LogP contribution in [0.2, 0.25) is 0 Å². The largest absolute Gasteiger partial charge is 0.496 e. The number of methoxy groups -OCH3 is 1. The summed E-state index contributed by atoms with van der Waals surface area (Å²) in [5.74, 6) is -0.547. The Bertz CT molecular complexity index is 654. The van der Waals surface area contributed by atoms with Gasteiger partial charge in [0.05, 0.1) is 7.11 Å². The molecule has 2 aromatic rings. The average Bonchev–Trinajstić information content (AvgIpc) is 2.47. The Kier molecular flexibility index (Phi) is 4.40. The maximum atomic E-state index is 11.7. The third-order valence-electron chi connectivity index (χ3n) is 2.63. The molecule has 1 amide bonds. The lowest BCUT2D eigenvalue weighted by molar-refractivity contribution is 0.0693. The van der Waals surface area contributed by atoms with Crippen molar-refractivity contribution in [3.63, 3.8) is 0 Å². The molecule has 6 heteroatoms. The van der Waals surface area contributed by atoms with E-state index >= 15 is 0 Å². The zero-order chi connectivity index (χ0) is 15.2. The Morgan fingerprint density at radius 1 is 1.10 bits per heavy atom. The van der Waals surface area contributed by atoms with Crippen molar-refractivity contribution in [3.05, 3.63) is 54.1 Å². The molecular weight excluding hydrogens is 274 g/mol. The van der Waals surface area contributed by atoms with E-state index in [1.165, 1.54) is 25.3 Å². The maximum Gasteiger partial charge on any atom is 0.417 e. The number of hydrogen-bond acceptors (Lipinski definition) is 4. The minimum Gasteiger partial charge on any atom is -0.496 e. The Morgan fingerprint density at radius 2 is 1.81 bits per heavy atom. The first-order chi connectivity index (χ1) is 10.1. The van der Waals surface area contributed by atoms with Gasteiger partial charge in [-0.1, -0.05) is 18.2 Å². The van der Waals surface area contributed by atoms with Crippen LogP contribution in [0.3, 0.4) is 0 Å². The molecule has 0 bridgehead atoms. The van der Waals surface area contributed by atoms with Crippen LogP contribution < -0.4 is 14.8 Å². The molecule has 0 unspecified atom stereocenters. The Morgan fingerprint density at radius 3 is 2.43 bits per heavy atom. The number of carboxylic acids is 1. The Hall–Kier alpha value is -3.02. The van der Waals surface area contributed by atoms with Crippen LogP contribution in [0.25, 0.3) is 0 Å². The van der Waals surface area contributed by atoms with Gasteiger partial charge in [-0.2, -0.15) is 0 Å². The summed E-state index contributed by atoms with van der Waals surface area (Å²) in [5.41, 5.74) is 0.386. The van der Waals surface area contributed by atoms with E-state index in [4.69, 9.17) is 14.6 Å². The number of aromatic carboxylic acids is 1. The highest BCUT2D eigenvalue weighted by Gasteiger charge is 2.12. The fourth-order valence-corrected chi connectivity index (χ4v) is 1.68. The number of hydrogen-bond donors (Lipinski definition) is 2. The minimum atomic E-state index is -1.11. The molecule has 0 atom stereocenters. The van der Waals surface area contributed by atoms with Gasteiger partial charge in [0.25, 0.3) is 0 Å². The molecule has 0 aliphatic rings. The summed E-state index contributed by atoms with van der Waals surface area (Å²) in [6, 6.07) is 12.8. The van der Waals surface area contributed by atoms with Gasteiger partial charge in [-0.25, -0.2) is 9.59 Å². The first-order valence-corrected chi connectivity index (χ1v) is 6.05. The summed E-state index contributed by atoms with van der Waals surface area (Å²) in [7, 11) is 1.36. The Balaban J connectivity index is 2.09. The third kappa shape index (κ3) is 3.73. The quantitative estimate of drug-likeness (QED) is 0.903. The molecule has 2 rings (SSSR count). The Labute approximate surface area is 120 Å². The van der Waals surface area contributed by atoms with Crippen LogP contribution in [0, 0.1) is 0 Å². The highest BCUT2D eigenvalue weighted by molar-refractivity contribution is 5.93. The van der Waals surface area contributed by atoms with Gasteiger partial charge in [0.2, 0.25) is 0 Å². The van der Waals surface area contributed by atoms with Gasteiger partial charge >= 0.3 is 12.1 Å². The van der Waals surface area contributed by atoms with Crippen LogP contribution in [0.4, 0.5) is 10.5 Å². The first-order valence-electron chi connectivity index (χ1n) is 6.05. The van der Waals surface area contributed by atoms with Gasteiger partial charge in [-0.15, -0.1) is 0 Å². The monoisotopic (exact) mass is 287 g/mol. The van der Waals surface area contributed by atoms with Crippen LogP contribution >= 0.6 is 0 Å². The molecule has 0 radical (unpaired) electrons. The number of benzene rings is 2. The van der Waals surface area contributed by atoms with Crippen molar-refractivity contribution < 1.29 is 24.2 Å². The summed E-state index contributed by atoms with van der Waals surface area (Å²) in [5, 5.41) is 11.5. The van der Waals surface area contributed by atoms with Crippen molar-refractivity contribution in [3.8, 4) is 11.5 Å². The molecular formula is C15H13NO5. The zero-order valence-electron chi connectivity index (χ0n) is 11.2. The number of carboxylic acid groups (broad SMARTS) is 1. The zero-order valence-corrected chi connectivity index (χ0v) is 11.2. The van der Waals surface area contributed by atoms with Gasteiger partial charge in [-0.3, -0.25) is 5.32 Å². The number of amides is 1. The van der Waals surface area contributed by atoms with Crippen molar-refractivity contribution in [2.24, 2.45) is 0 Å². The van der Waals surface area contributed by atoms with Crippen LogP contribution in [-0.2, 0) is 0 Å². The molecule has 108 valence electrons. The maximum absolute atomic E-state index is 11.7. The molecule has 0 saturated heterocycles. The first kappa shape index (κ1) is 14.4. The van der Waals surface area contributed by atoms with Gasteiger partial charge in [0.1, 0.15) is 17.1 Å². The number of carbonyl (C=O) groups is 2. The predicted octanol–water partition coefficient (Wildman–Crippen LogP) is 3.00. The van der Waals surface area contributed by atoms with E-state index in [0.717, 1.165) is 0 Å². The van der Waals surface area contributed by atoms with Crippen molar-refractivity contribution in [2.75, 3.05) is 12.4 Å². The molecule has 0 aromatic heterocycles. The second kappa shape index (κ2) is 6.42. The normalized spacial score (nSPS) is 9.76. The van der Waals surface area contributed by atoms with Crippen LogP contribution in [0.15, 0.2) is 48.5 Å². The lowest BCUT2D eigenvalue weighted by atomic mass is 10.2. The van der Waals surface area contributed by atoms with Crippen molar-refractivity contribution in [1.29, 1.82) is 0 Å². The average molecular weight is 287 g/mol. The number of anilines is 1. The molecule has 0 aliphatic carbocycles. The molecule has 6 nitrogen and oxygen atoms in total. The second-order valence-corrected chi connectivity index (χ2v) is 4.05. The molecule has 0 saturated carbocycles. The number of rotatable bonds is 4. The van der Waals surface area contributed by atoms with Crippen LogP contribution in [0.1, 0.15) is 10.4 Å². The van der Waals surface area contributed by atoms with Crippen molar-refractivity contribution >= 4 is 17.7 Å². The SMILES string of the molecule is COc1cc(NC(=O)Oc2ccccc2)ccc1C(=O)O. The second-order valence-electron chi connectivity index (χ2n) is 4.05. The summed E-state index contributed by atoms with van der Waals surface area (Å²) < 4.78 is 10.0. The summed E-state index contributed by atoms with van der Waals surface area (Å²) in [6.07, 6.45) is -0.675. The fraction of sp³-hybridized carbons (Fsp3) is 0.0667. The fourth-order valence-electron chi connectivity index (χ4n) is 1.68. The summed E-state index contributed by atoms with van der Waals surface area (Å²) in [4.78, 5) is 22.7. The molecule has 0 fully saturated rings. The van der Waals surface area contributed by atoms with Crippen molar-refractivity contribution in [2.45, 2.75) is 0 Å². The smallest absolute Gasteiger partial charge is 0.417 e. The van der Waals surface area contributed by atoms with Crippen molar-refractivity contribution in [1.82, 2.24) is 0 Å². The van der Waals surface area contributed by atoms with Gasteiger partial charge < -0.3 is 14.6 Å². The summed E-state index contributed by atoms with van der Waals surface area (Å²) >= 11 is 0. The van der Waals surface area contributed by atoms with E-state index in [9.17, 15) is 9.59 Å². The van der Waals surface area contributed by atoms with E-state index in [1.807, 2.05) is 0 Å². The van der Waals surface area contributed by atoms with E-state index in [0.29, 0.717) is 11.4 Å². The predicted molar refractivity (Wildman–Crippen MR) is 76.0 cm³/mol. The van der Waals surface area contributed by atoms with E-state index in [-0.39, 0.29) is 11.3 Å². The van der Waals surface area contributed by atoms with Gasteiger partial charge in [-0.05, 0) is 24.3 Å². The third-order valence-corrected chi connectivity index (χ3v) is 2.63. The molecule has 21 heavy (non-hydrogen) atoms. The van der Waals surface area contributed by atoms with Crippen LogP contribution in [0.5, 0.6) is 11.5 Å². The molecule has 0 aliphatic heterocycles. The van der Waals surface area contributed by atoms with Gasteiger partial charge in [0.15, 0.2) is 0 Å². The summed E-state index contributed by atoms with van der Waals surface area (Å²) in [6.45, 7) is 0. The lowest BCUT2D eigenvalue weighted by Crippen LogP contribution is -2.16. The molecule has 2 aromatic carbocycles. The minimum absolute atomic E-state index is 0.0134. The van der Waals surface area contributed by atoms with E-state index in [1.54, 1.807) is 30.3 Å². The van der Waals surface area contributed by atoms with Crippen LogP contribution in [-0.4, -0.2) is 24.3 Å². The van der Waals surface area contributed by atoms with Gasteiger partial charge in [0, 0.05) is 11.8 Å². The molecule has 0 spiro atoms. The van der Waals surface area contributed by atoms with E-state index in [2.05, 4.69) is 5.32 Å². The number of para-hydroxylation sites is 1. The highest BCUT2D eigenvalue weighted by Crippen LogP contribution is 2.23. The standard InChI is InChI=1S/C15H13NO5/c1-20-13-9-10(7-8-12(13)14(17)18)16-15(19)21-11-5-3-2-4-6-11/h2-9H,1H3,(H,16,19)(H,17,18). The number of nitrogens with one attached hydrogen (secondary N) is 1. The highest BCUT2D eigenvalue weighted by atomic mass is 16.6. The molecule has 0 heterocycles. The number of carbonyl (C=O) groups excluding carboxylic acids is 1. The van der Waals surface area contributed by atoms with E-state index < -0.39 is 12.1 Å². The number of ether oxygens (including phenoxy) is 2. The molecule has 2 N–H and O–H groups in total.